The monoisotopic (exact) mass is 362 g/mol. The Hall–Kier alpha value is -1.47. The molecule has 0 radical (unpaired) electrons. The van der Waals surface area contributed by atoms with Crippen molar-refractivity contribution in [3.63, 3.8) is 0 Å². The Kier molecular flexibility index (Phi) is 5.40. The molecule has 3 heterocycles. The Balaban J connectivity index is 1.60. The van der Waals surface area contributed by atoms with Crippen LogP contribution in [-0.2, 0) is 16.9 Å². The maximum Gasteiger partial charge on any atom is 0.228 e. The smallest absolute Gasteiger partial charge is 0.228 e. The van der Waals surface area contributed by atoms with Crippen LogP contribution in [0, 0.1) is 11.3 Å². The van der Waals surface area contributed by atoms with E-state index >= 15 is 0 Å². The van der Waals surface area contributed by atoms with Gasteiger partial charge in [0, 0.05) is 25.0 Å². The van der Waals surface area contributed by atoms with E-state index in [1.54, 1.807) is 0 Å². The third-order valence-corrected chi connectivity index (χ3v) is 6.06. The molecule has 146 valence electrons. The molecule has 0 saturated carbocycles. The van der Waals surface area contributed by atoms with E-state index in [0.717, 1.165) is 64.1 Å². The lowest BCUT2D eigenvalue weighted by Crippen LogP contribution is -2.51. The summed E-state index contributed by atoms with van der Waals surface area (Å²) in [5.41, 5.74) is 6.23. The van der Waals surface area contributed by atoms with Gasteiger partial charge in [0.15, 0.2) is 0 Å². The van der Waals surface area contributed by atoms with Crippen molar-refractivity contribution in [2.75, 3.05) is 33.2 Å². The SMILES string of the molecule is CN1CCC(C)(C(=O)N2CCCC(Cn3cc(C(C)(C)N)nn3)C2)CC1. The average molecular weight is 363 g/mol. The third-order valence-electron chi connectivity index (χ3n) is 6.06. The lowest BCUT2D eigenvalue weighted by Gasteiger charge is -2.42. The van der Waals surface area contributed by atoms with Crippen molar-refractivity contribution in [3.05, 3.63) is 11.9 Å². The van der Waals surface area contributed by atoms with Gasteiger partial charge in [-0.1, -0.05) is 12.1 Å². The fraction of sp³-hybridized carbons (Fsp3) is 0.842. The summed E-state index contributed by atoms with van der Waals surface area (Å²) in [5, 5.41) is 8.44. The summed E-state index contributed by atoms with van der Waals surface area (Å²) in [7, 11) is 2.13. The first-order valence-corrected chi connectivity index (χ1v) is 9.85. The van der Waals surface area contributed by atoms with Crippen LogP contribution in [0.4, 0.5) is 0 Å². The fourth-order valence-electron chi connectivity index (χ4n) is 4.05. The van der Waals surface area contributed by atoms with E-state index in [1.807, 2.05) is 24.7 Å². The van der Waals surface area contributed by atoms with Crippen molar-refractivity contribution in [1.82, 2.24) is 24.8 Å². The molecule has 2 aliphatic heterocycles. The molecule has 3 rings (SSSR count). The predicted molar refractivity (Wildman–Crippen MR) is 101 cm³/mol. The average Bonchev–Trinajstić information content (AvgIpc) is 3.06. The van der Waals surface area contributed by atoms with Gasteiger partial charge in [0.25, 0.3) is 0 Å². The molecular formula is C19H34N6O. The summed E-state index contributed by atoms with van der Waals surface area (Å²) in [6.07, 6.45) is 6.06. The van der Waals surface area contributed by atoms with Gasteiger partial charge in [-0.25, -0.2) is 0 Å². The second kappa shape index (κ2) is 7.27. The molecule has 1 unspecified atom stereocenters. The zero-order valence-electron chi connectivity index (χ0n) is 16.7. The van der Waals surface area contributed by atoms with Crippen LogP contribution in [-0.4, -0.2) is 63.9 Å². The Labute approximate surface area is 156 Å². The number of hydrogen-bond acceptors (Lipinski definition) is 5. The molecule has 0 aliphatic carbocycles. The molecule has 1 atom stereocenters. The number of rotatable bonds is 4. The lowest BCUT2D eigenvalue weighted by molar-refractivity contribution is -0.145. The first-order chi connectivity index (χ1) is 12.2. The largest absolute Gasteiger partial charge is 0.342 e. The minimum Gasteiger partial charge on any atom is -0.342 e. The maximum atomic E-state index is 13.2. The first-order valence-electron chi connectivity index (χ1n) is 9.85. The molecule has 2 fully saturated rings. The molecular weight excluding hydrogens is 328 g/mol. The van der Waals surface area contributed by atoms with Crippen molar-refractivity contribution in [3.8, 4) is 0 Å². The molecule has 1 aromatic rings. The third kappa shape index (κ3) is 4.26. The zero-order valence-corrected chi connectivity index (χ0v) is 16.7. The van der Waals surface area contributed by atoms with Gasteiger partial charge in [0.2, 0.25) is 5.91 Å². The highest BCUT2D eigenvalue weighted by molar-refractivity contribution is 5.82. The van der Waals surface area contributed by atoms with Gasteiger partial charge in [0.05, 0.1) is 11.7 Å². The Morgan fingerprint density at radius 3 is 2.65 bits per heavy atom. The number of aromatic nitrogens is 3. The second-order valence-electron chi connectivity index (χ2n) is 9.17. The van der Waals surface area contributed by atoms with E-state index in [-0.39, 0.29) is 5.41 Å². The Morgan fingerprint density at radius 2 is 2.04 bits per heavy atom. The molecule has 0 bridgehead atoms. The van der Waals surface area contributed by atoms with Gasteiger partial charge in [-0.2, -0.15) is 0 Å². The number of carbonyl (C=O) groups excluding carboxylic acids is 1. The van der Waals surface area contributed by atoms with Crippen LogP contribution in [0.1, 0.15) is 52.1 Å². The summed E-state index contributed by atoms with van der Waals surface area (Å²) < 4.78 is 1.89. The molecule has 2 aliphatic rings. The molecule has 0 aromatic carbocycles. The van der Waals surface area contributed by atoms with E-state index in [4.69, 9.17) is 5.73 Å². The highest BCUT2D eigenvalue weighted by Gasteiger charge is 2.40. The Bertz CT molecular complexity index is 626. The number of piperidine rings is 2. The van der Waals surface area contributed by atoms with Crippen molar-refractivity contribution < 1.29 is 4.79 Å². The van der Waals surface area contributed by atoms with Gasteiger partial charge in [-0.3, -0.25) is 9.48 Å². The van der Waals surface area contributed by atoms with Crippen molar-refractivity contribution in [2.24, 2.45) is 17.1 Å². The van der Waals surface area contributed by atoms with Crippen LogP contribution >= 0.6 is 0 Å². The quantitative estimate of drug-likeness (QED) is 0.877. The summed E-state index contributed by atoms with van der Waals surface area (Å²) in [6.45, 7) is 10.6. The molecule has 26 heavy (non-hydrogen) atoms. The number of carbonyl (C=O) groups is 1. The molecule has 2 N–H and O–H groups in total. The van der Waals surface area contributed by atoms with Crippen LogP contribution in [0.2, 0.25) is 0 Å². The highest BCUT2D eigenvalue weighted by Crippen LogP contribution is 2.34. The molecule has 7 heteroatoms. The summed E-state index contributed by atoms with van der Waals surface area (Å²) >= 11 is 0. The minimum atomic E-state index is -0.477. The van der Waals surface area contributed by atoms with Crippen LogP contribution < -0.4 is 5.73 Å². The minimum absolute atomic E-state index is 0.196. The lowest BCUT2D eigenvalue weighted by atomic mass is 9.78. The van der Waals surface area contributed by atoms with Crippen LogP contribution in [0.15, 0.2) is 6.20 Å². The summed E-state index contributed by atoms with van der Waals surface area (Å²) in [5.74, 6) is 0.774. The topological polar surface area (TPSA) is 80.3 Å². The van der Waals surface area contributed by atoms with Gasteiger partial charge < -0.3 is 15.5 Å². The van der Waals surface area contributed by atoms with Crippen LogP contribution in [0.3, 0.4) is 0 Å². The molecule has 2 saturated heterocycles. The highest BCUT2D eigenvalue weighted by atomic mass is 16.2. The first kappa shape index (κ1) is 19.3. The summed E-state index contributed by atoms with van der Waals surface area (Å²) in [4.78, 5) is 17.6. The van der Waals surface area contributed by atoms with Crippen molar-refractivity contribution in [2.45, 2.75) is 58.5 Å². The van der Waals surface area contributed by atoms with Crippen LogP contribution in [0.25, 0.3) is 0 Å². The number of nitrogens with zero attached hydrogens (tertiary/aromatic N) is 5. The van der Waals surface area contributed by atoms with E-state index < -0.39 is 5.54 Å². The molecule has 7 nitrogen and oxygen atoms in total. The molecule has 1 aromatic heterocycles. The van der Waals surface area contributed by atoms with E-state index in [1.165, 1.54) is 0 Å². The number of amides is 1. The van der Waals surface area contributed by atoms with Gasteiger partial charge in [-0.05, 0) is 65.6 Å². The standard InChI is InChI=1S/C19H34N6O/c1-18(2,20)16-14-25(22-21-16)13-15-6-5-9-24(12-15)17(26)19(3)7-10-23(4)11-8-19/h14-15H,5-13,20H2,1-4H3. The molecule has 0 spiro atoms. The number of hydrogen-bond donors (Lipinski definition) is 1. The fourth-order valence-corrected chi connectivity index (χ4v) is 4.05. The Morgan fingerprint density at radius 1 is 1.35 bits per heavy atom. The van der Waals surface area contributed by atoms with Crippen molar-refractivity contribution in [1.29, 1.82) is 0 Å². The van der Waals surface area contributed by atoms with E-state index in [0.29, 0.717) is 11.8 Å². The second-order valence-corrected chi connectivity index (χ2v) is 9.17. The maximum absolute atomic E-state index is 13.2. The summed E-state index contributed by atoms with van der Waals surface area (Å²) in [6, 6.07) is 0. The normalized spacial score (nSPS) is 24.7. The van der Waals surface area contributed by atoms with E-state index in [2.05, 4.69) is 34.1 Å². The number of nitrogens with two attached hydrogens (primary N) is 1. The van der Waals surface area contributed by atoms with Crippen molar-refractivity contribution >= 4 is 5.91 Å². The van der Waals surface area contributed by atoms with E-state index in [9.17, 15) is 4.79 Å². The van der Waals surface area contributed by atoms with Crippen LogP contribution in [0.5, 0.6) is 0 Å². The van der Waals surface area contributed by atoms with Gasteiger partial charge >= 0.3 is 0 Å². The number of likely N-dealkylation sites (tertiary alicyclic amines) is 2. The van der Waals surface area contributed by atoms with Gasteiger partial charge in [-0.15, -0.1) is 5.10 Å². The molecule has 1 amide bonds. The van der Waals surface area contributed by atoms with Gasteiger partial charge in [0.1, 0.15) is 5.69 Å². The zero-order chi connectivity index (χ0) is 18.9. The predicted octanol–water partition coefficient (Wildman–Crippen LogP) is 1.44.